The number of fused-ring (bicyclic) bond motifs is 1. The minimum Gasteiger partial charge on any atom is -0.361 e. The van der Waals surface area contributed by atoms with Gasteiger partial charge in [-0.2, -0.15) is 13.2 Å². The molecule has 200 valence electrons. The first-order valence-corrected chi connectivity index (χ1v) is 13.4. The van der Waals surface area contributed by atoms with E-state index >= 15 is 0 Å². The van der Waals surface area contributed by atoms with Gasteiger partial charge in [0.15, 0.2) is 0 Å². The molecule has 0 aliphatic rings. The van der Waals surface area contributed by atoms with E-state index in [0.29, 0.717) is 16.7 Å². The van der Waals surface area contributed by atoms with Crippen LogP contribution in [0.4, 0.5) is 17.6 Å². The van der Waals surface area contributed by atoms with Crippen molar-refractivity contribution in [3.63, 3.8) is 0 Å². The molecule has 1 atom stereocenters. The summed E-state index contributed by atoms with van der Waals surface area (Å²) in [5, 5.41) is 3.58. The van der Waals surface area contributed by atoms with Crippen LogP contribution in [0.15, 0.2) is 60.8 Å². The number of benzene rings is 2. The maximum Gasteiger partial charge on any atom is 0.433 e. The zero-order valence-corrected chi connectivity index (χ0v) is 21.2. The normalized spacial score (nSPS) is 13.0. The van der Waals surface area contributed by atoms with Gasteiger partial charge in [0.1, 0.15) is 11.5 Å². The predicted molar refractivity (Wildman–Crippen MR) is 135 cm³/mol. The van der Waals surface area contributed by atoms with Gasteiger partial charge >= 0.3 is 6.18 Å². The first-order valence-electron chi connectivity index (χ1n) is 11.5. The lowest BCUT2D eigenvalue weighted by Gasteiger charge is -2.16. The number of nitrogens with zero attached hydrogens (tertiary/aromatic N) is 1. The molecule has 0 bridgehead atoms. The highest BCUT2D eigenvalue weighted by Gasteiger charge is 2.33. The maximum absolute atomic E-state index is 14.5. The third-order valence-corrected chi connectivity index (χ3v) is 6.71. The number of aromatic nitrogens is 2. The molecule has 0 fully saturated rings. The second kappa shape index (κ2) is 10.5. The van der Waals surface area contributed by atoms with E-state index in [1.165, 1.54) is 18.2 Å². The van der Waals surface area contributed by atoms with Crippen molar-refractivity contribution in [1.82, 2.24) is 20.0 Å². The number of rotatable bonds is 8. The summed E-state index contributed by atoms with van der Waals surface area (Å²) in [5.41, 5.74) is 1.04. The number of amides is 1. The highest BCUT2D eigenvalue weighted by Crippen LogP contribution is 2.32. The van der Waals surface area contributed by atoms with E-state index in [1.54, 1.807) is 31.3 Å². The highest BCUT2D eigenvalue weighted by atomic mass is 32.2. The number of alkyl halides is 3. The monoisotopic (exact) mass is 548 g/mol. The molecule has 3 N–H and O–H groups in total. The van der Waals surface area contributed by atoms with Crippen LogP contribution in [0.2, 0.25) is 0 Å². The Hall–Kier alpha value is -3.77. The minimum atomic E-state index is -4.64. The van der Waals surface area contributed by atoms with Crippen LogP contribution in [-0.2, 0) is 34.1 Å². The standard InChI is InChI=1S/C26H24F4N4O3S/c1-15(17-4-6-19(21(27)11-17)14-33-38(2,36)37)25(35)32-13-20-7-8-23(26(28,29)30)34-24(20)18-5-3-16-9-10-31-22(16)12-18/h3-12,15,31,33H,13-14H2,1-2H3,(H,32,35). The summed E-state index contributed by atoms with van der Waals surface area (Å²) < 4.78 is 79.4. The number of sulfonamides is 1. The molecule has 2 aromatic heterocycles. The van der Waals surface area contributed by atoms with Crippen LogP contribution in [0, 0.1) is 5.82 Å². The zero-order valence-electron chi connectivity index (χ0n) is 20.4. The van der Waals surface area contributed by atoms with E-state index in [1.807, 2.05) is 6.07 Å². The Balaban J connectivity index is 1.54. The smallest absolute Gasteiger partial charge is 0.361 e. The number of aromatic amines is 1. The second-order valence-electron chi connectivity index (χ2n) is 8.87. The number of halogens is 4. The third-order valence-electron chi connectivity index (χ3n) is 6.05. The molecule has 0 radical (unpaired) electrons. The molecular weight excluding hydrogens is 524 g/mol. The Labute approximate surface area is 216 Å². The van der Waals surface area contributed by atoms with E-state index < -0.39 is 39.5 Å². The lowest BCUT2D eigenvalue weighted by Crippen LogP contribution is -2.28. The number of hydrogen-bond donors (Lipinski definition) is 3. The Kier molecular flexibility index (Phi) is 7.56. The number of carbonyl (C=O) groups excluding carboxylic acids is 1. The molecule has 2 aromatic carbocycles. The molecular formula is C26H24F4N4O3S. The molecule has 4 rings (SSSR count). The number of hydrogen-bond acceptors (Lipinski definition) is 4. The SMILES string of the molecule is CC(C(=O)NCc1ccc(C(F)(F)F)nc1-c1ccc2cc[nH]c2c1)c1ccc(CNS(C)(=O)=O)c(F)c1. The summed E-state index contributed by atoms with van der Waals surface area (Å²) in [7, 11) is -3.51. The largest absolute Gasteiger partial charge is 0.433 e. The quantitative estimate of drug-likeness (QED) is 0.274. The van der Waals surface area contributed by atoms with E-state index in [-0.39, 0.29) is 24.3 Å². The fraction of sp³-hybridized carbons (Fsp3) is 0.231. The van der Waals surface area contributed by atoms with Crippen molar-refractivity contribution in [3.8, 4) is 11.3 Å². The van der Waals surface area contributed by atoms with Crippen molar-refractivity contribution in [2.24, 2.45) is 0 Å². The first-order chi connectivity index (χ1) is 17.8. The van der Waals surface area contributed by atoms with Crippen LogP contribution in [0.1, 0.15) is 35.2 Å². The molecule has 0 saturated heterocycles. The van der Waals surface area contributed by atoms with Crippen LogP contribution < -0.4 is 10.0 Å². The van der Waals surface area contributed by atoms with Gasteiger partial charge in [-0.15, -0.1) is 0 Å². The summed E-state index contributed by atoms with van der Waals surface area (Å²) in [6, 6.07) is 13.1. The van der Waals surface area contributed by atoms with Gasteiger partial charge in [-0.05, 0) is 47.7 Å². The average Bonchev–Trinajstić information content (AvgIpc) is 3.33. The molecule has 7 nitrogen and oxygen atoms in total. The van der Waals surface area contributed by atoms with Gasteiger partial charge in [0.2, 0.25) is 15.9 Å². The minimum absolute atomic E-state index is 0.0815. The van der Waals surface area contributed by atoms with Crippen molar-refractivity contribution < 1.29 is 30.8 Å². The fourth-order valence-corrected chi connectivity index (χ4v) is 4.32. The van der Waals surface area contributed by atoms with Crippen molar-refractivity contribution in [1.29, 1.82) is 0 Å². The van der Waals surface area contributed by atoms with E-state index in [2.05, 4.69) is 20.0 Å². The first kappa shape index (κ1) is 27.3. The van der Waals surface area contributed by atoms with Crippen LogP contribution in [0.5, 0.6) is 0 Å². The van der Waals surface area contributed by atoms with Crippen LogP contribution in [0.3, 0.4) is 0 Å². The molecule has 1 amide bonds. The summed E-state index contributed by atoms with van der Waals surface area (Å²) in [6.45, 7) is 1.22. The van der Waals surface area contributed by atoms with Crippen LogP contribution in [-0.4, -0.2) is 30.5 Å². The number of carbonyl (C=O) groups is 1. The van der Waals surface area contributed by atoms with Gasteiger partial charge in [-0.3, -0.25) is 4.79 Å². The van der Waals surface area contributed by atoms with Crippen LogP contribution >= 0.6 is 0 Å². The van der Waals surface area contributed by atoms with Crippen molar-refractivity contribution in [2.75, 3.05) is 6.26 Å². The predicted octanol–water partition coefficient (Wildman–Crippen LogP) is 4.86. The average molecular weight is 549 g/mol. The molecule has 2 heterocycles. The second-order valence-corrected chi connectivity index (χ2v) is 10.7. The summed E-state index contributed by atoms with van der Waals surface area (Å²) in [6.07, 6.45) is -1.97. The third kappa shape index (κ3) is 6.37. The lowest BCUT2D eigenvalue weighted by atomic mass is 9.98. The van der Waals surface area contributed by atoms with E-state index in [4.69, 9.17) is 0 Å². The molecule has 4 aromatic rings. The molecule has 12 heteroatoms. The van der Waals surface area contributed by atoms with Gasteiger partial charge in [0.25, 0.3) is 0 Å². The highest BCUT2D eigenvalue weighted by molar-refractivity contribution is 7.88. The number of nitrogens with one attached hydrogen (secondary N) is 3. The zero-order chi connectivity index (χ0) is 27.7. The van der Waals surface area contributed by atoms with Gasteiger partial charge < -0.3 is 10.3 Å². The van der Waals surface area contributed by atoms with Gasteiger partial charge in [0, 0.05) is 35.9 Å². The molecule has 0 aliphatic heterocycles. The Morgan fingerprint density at radius 1 is 1.03 bits per heavy atom. The van der Waals surface area contributed by atoms with E-state index in [9.17, 15) is 30.8 Å². The van der Waals surface area contributed by atoms with Crippen LogP contribution in [0.25, 0.3) is 22.2 Å². The van der Waals surface area contributed by atoms with E-state index in [0.717, 1.165) is 29.3 Å². The summed E-state index contributed by atoms with van der Waals surface area (Å²) >= 11 is 0. The molecule has 0 aliphatic carbocycles. The number of pyridine rings is 1. The Morgan fingerprint density at radius 2 is 1.76 bits per heavy atom. The Bertz CT molecular complexity index is 1600. The van der Waals surface area contributed by atoms with Gasteiger partial charge in [-0.1, -0.05) is 30.3 Å². The van der Waals surface area contributed by atoms with Gasteiger partial charge in [0.05, 0.1) is 17.9 Å². The fourth-order valence-electron chi connectivity index (χ4n) is 3.91. The van der Waals surface area contributed by atoms with Crippen molar-refractivity contribution >= 4 is 26.8 Å². The van der Waals surface area contributed by atoms with Crippen molar-refractivity contribution in [3.05, 3.63) is 89.0 Å². The van der Waals surface area contributed by atoms with Crippen molar-refractivity contribution in [2.45, 2.75) is 32.1 Å². The number of H-pyrrole nitrogens is 1. The topological polar surface area (TPSA) is 104 Å². The summed E-state index contributed by atoms with van der Waals surface area (Å²) in [5.74, 6) is -1.94. The summed E-state index contributed by atoms with van der Waals surface area (Å²) in [4.78, 5) is 19.7. The van der Waals surface area contributed by atoms with Gasteiger partial charge in [-0.25, -0.2) is 22.5 Å². The Morgan fingerprint density at radius 3 is 2.45 bits per heavy atom. The lowest BCUT2D eigenvalue weighted by molar-refractivity contribution is -0.141. The molecule has 0 saturated carbocycles. The molecule has 0 spiro atoms. The molecule has 38 heavy (non-hydrogen) atoms. The maximum atomic E-state index is 14.5. The molecule has 1 unspecified atom stereocenters.